The number of fused-ring (bicyclic) bond motifs is 1. The van der Waals surface area contributed by atoms with E-state index in [9.17, 15) is 4.79 Å². The zero-order valence-corrected chi connectivity index (χ0v) is 16.5. The molecule has 0 unspecified atom stereocenters. The predicted molar refractivity (Wildman–Crippen MR) is 99.7 cm³/mol. The van der Waals surface area contributed by atoms with Gasteiger partial charge in [0.2, 0.25) is 11.8 Å². The molecule has 1 amide bonds. The molecule has 0 spiro atoms. The van der Waals surface area contributed by atoms with Crippen LogP contribution >= 0.6 is 0 Å². The quantitative estimate of drug-likeness (QED) is 0.803. The Hall–Kier alpha value is -2.24. The van der Waals surface area contributed by atoms with E-state index in [-0.39, 0.29) is 11.5 Å². The molecule has 142 valence electrons. The summed E-state index contributed by atoms with van der Waals surface area (Å²) in [4.78, 5) is 18.5. The number of amides is 1. The van der Waals surface area contributed by atoms with Crippen molar-refractivity contribution in [1.82, 2.24) is 9.88 Å². The van der Waals surface area contributed by atoms with E-state index in [1.807, 2.05) is 20.8 Å². The third-order valence-corrected chi connectivity index (χ3v) is 4.65. The molecule has 2 aliphatic heterocycles. The van der Waals surface area contributed by atoms with Gasteiger partial charge >= 0.3 is 6.09 Å². The van der Waals surface area contributed by atoms with Crippen molar-refractivity contribution in [1.29, 1.82) is 0 Å². The second kappa shape index (κ2) is 6.49. The Balaban J connectivity index is 1.84. The van der Waals surface area contributed by atoms with E-state index in [4.69, 9.17) is 14.2 Å². The van der Waals surface area contributed by atoms with Crippen molar-refractivity contribution < 1.29 is 19.0 Å². The number of hydrogen-bond donors (Lipinski definition) is 0. The Morgan fingerprint density at radius 2 is 2.08 bits per heavy atom. The lowest BCUT2D eigenvalue weighted by molar-refractivity contribution is 0.0270. The van der Waals surface area contributed by atoms with Crippen LogP contribution in [0.3, 0.4) is 0 Å². The number of carbonyl (C=O) groups is 1. The fourth-order valence-corrected chi connectivity index (χ4v) is 3.19. The van der Waals surface area contributed by atoms with Gasteiger partial charge in [-0.05, 0) is 38.8 Å². The summed E-state index contributed by atoms with van der Waals surface area (Å²) in [6.07, 6.45) is 2.51. The number of carbonyl (C=O) groups excluding carboxylic acids is 1. The minimum Gasteiger partial charge on any atom is -0.480 e. The first-order valence-corrected chi connectivity index (χ1v) is 9.00. The van der Waals surface area contributed by atoms with Gasteiger partial charge in [0, 0.05) is 29.6 Å². The summed E-state index contributed by atoms with van der Waals surface area (Å²) in [7, 11) is 1.62. The average molecular weight is 360 g/mol. The summed E-state index contributed by atoms with van der Waals surface area (Å²) in [6.45, 7) is 11.7. The molecule has 2 aliphatic rings. The zero-order valence-electron chi connectivity index (χ0n) is 16.5. The molecule has 6 nitrogen and oxygen atoms in total. The minimum absolute atomic E-state index is 0.0683. The molecule has 0 bridgehead atoms. The van der Waals surface area contributed by atoms with Crippen molar-refractivity contribution in [2.45, 2.75) is 52.1 Å². The molecule has 3 rings (SSSR count). The molecule has 0 fully saturated rings. The van der Waals surface area contributed by atoms with Crippen LogP contribution in [0.15, 0.2) is 12.1 Å². The van der Waals surface area contributed by atoms with E-state index in [1.54, 1.807) is 12.0 Å². The summed E-state index contributed by atoms with van der Waals surface area (Å²) < 4.78 is 16.7. The Morgan fingerprint density at radius 3 is 2.65 bits per heavy atom. The fourth-order valence-electron chi connectivity index (χ4n) is 3.19. The van der Waals surface area contributed by atoms with Crippen LogP contribution in [0.4, 0.5) is 4.79 Å². The van der Waals surface area contributed by atoms with Crippen LogP contribution in [0.5, 0.6) is 11.8 Å². The maximum Gasteiger partial charge on any atom is 0.410 e. The van der Waals surface area contributed by atoms with Gasteiger partial charge < -0.3 is 19.1 Å². The maximum absolute atomic E-state index is 12.2. The Labute approximate surface area is 155 Å². The summed E-state index contributed by atoms with van der Waals surface area (Å²) in [5.41, 5.74) is 2.66. The molecule has 0 atom stereocenters. The molecular formula is C20H28N2O4. The maximum atomic E-state index is 12.2. The van der Waals surface area contributed by atoms with Crippen molar-refractivity contribution in [2.75, 3.05) is 26.8 Å². The first-order valence-electron chi connectivity index (χ1n) is 9.00. The van der Waals surface area contributed by atoms with Gasteiger partial charge in [0.1, 0.15) is 5.60 Å². The lowest BCUT2D eigenvalue weighted by Gasteiger charge is -2.30. The van der Waals surface area contributed by atoms with Crippen LogP contribution < -0.4 is 9.47 Å². The van der Waals surface area contributed by atoms with Crippen molar-refractivity contribution in [2.24, 2.45) is 0 Å². The normalized spacial score (nSPS) is 18.7. The molecule has 1 aromatic rings. The van der Waals surface area contributed by atoms with E-state index in [0.717, 1.165) is 23.1 Å². The van der Waals surface area contributed by atoms with Gasteiger partial charge in [-0.2, -0.15) is 4.98 Å². The molecule has 0 saturated heterocycles. The average Bonchev–Trinajstić information content (AvgIpc) is 2.87. The minimum atomic E-state index is -0.486. The van der Waals surface area contributed by atoms with Gasteiger partial charge in [-0.25, -0.2) is 4.79 Å². The standard InChI is InChI=1S/C20H28N2O4/c1-19(2,3)26-18(23)22-9-7-13(8-10-22)14-11-15-17(21-16(14)24-6)25-12-20(15,4)5/h7,11H,8-10,12H2,1-6H3. The Morgan fingerprint density at radius 1 is 1.35 bits per heavy atom. The van der Waals surface area contributed by atoms with Crippen molar-refractivity contribution in [3.63, 3.8) is 0 Å². The molecule has 0 aliphatic carbocycles. The molecular weight excluding hydrogens is 332 g/mol. The Kier molecular flexibility index (Phi) is 4.63. The molecule has 0 radical (unpaired) electrons. The largest absolute Gasteiger partial charge is 0.480 e. The van der Waals surface area contributed by atoms with Crippen molar-refractivity contribution >= 4 is 11.7 Å². The van der Waals surface area contributed by atoms with Crippen LogP contribution in [0.25, 0.3) is 5.57 Å². The monoisotopic (exact) mass is 360 g/mol. The van der Waals surface area contributed by atoms with E-state index in [0.29, 0.717) is 31.5 Å². The second-order valence-corrected chi connectivity index (χ2v) is 8.48. The molecule has 6 heteroatoms. The van der Waals surface area contributed by atoms with Crippen molar-refractivity contribution in [3.05, 3.63) is 23.3 Å². The summed E-state index contributed by atoms with van der Waals surface area (Å²) in [6, 6.07) is 2.13. The SMILES string of the molecule is COc1nc2c(cc1C1=CCN(C(=O)OC(C)(C)C)CC1)C(C)(C)CO2. The topological polar surface area (TPSA) is 60.9 Å². The number of hydrogen-bond acceptors (Lipinski definition) is 5. The smallest absolute Gasteiger partial charge is 0.410 e. The third-order valence-electron chi connectivity index (χ3n) is 4.65. The van der Waals surface area contributed by atoms with E-state index < -0.39 is 5.60 Å². The third kappa shape index (κ3) is 3.64. The first-order chi connectivity index (χ1) is 12.1. The number of nitrogens with zero attached hydrogens (tertiary/aromatic N) is 2. The summed E-state index contributed by atoms with van der Waals surface area (Å²) >= 11 is 0. The van der Waals surface area contributed by atoms with Gasteiger partial charge in [0.15, 0.2) is 0 Å². The van der Waals surface area contributed by atoms with Crippen LogP contribution in [-0.4, -0.2) is 48.4 Å². The second-order valence-electron chi connectivity index (χ2n) is 8.48. The fraction of sp³-hybridized carbons (Fsp3) is 0.600. The predicted octanol–water partition coefficient (Wildman–Crippen LogP) is 3.78. The highest BCUT2D eigenvalue weighted by molar-refractivity contribution is 5.75. The van der Waals surface area contributed by atoms with Gasteiger partial charge in [-0.3, -0.25) is 0 Å². The first kappa shape index (κ1) is 18.5. The van der Waals surface area contributed by atoms with Gasteiger partial charge in [-0.1, -0.05) is 19.9 Å². The highest BCUT2D eigenvalue weighted by Gasteiger charge is 2.35. The van der Waals surface area contributed by atoms with Crippen LogP contribution in [0.2, 0.25) is 0 Å². The van der Waals surface area contributed by atoms with Crippen LogP contribution in [-0.2, 0) is 10.2 Å². The lowest BCUT2D eigenvalue weighted by Crippen LogP contribution is -2.39. The number of ether oxygens (including phenoxy) is 3. The highest BCUT2D eigenvalue weighted by atomic mass is 16.6. The molecule has 26 heavy (non-hydrogen) atoms. The number of methoxy groups -OCH3 is 1. The molecule has 1 aromatic heterocycles. The Bertz CT molecular complexity index is 747. The van der Waals surface area contributed by atoms with Crippen LogP contribution in [0, 0.1) is 0 Å². The summed E-state index contributed by atoms with van der Waals surface area (Å²) in [5.74, 6) is 1.22. The van der Waals surface area contributed by atoms with Gasteiger partial charge in [0.05, 0.1) is 13.7 Å². The van der Waals surface area contributed by atoms with E-state index in [2.05, 4.69) is 31.0 Å². The van der Waals surface area contributed by atoms with Gasteiger partial charge in [0.25, 0.3) is 0 Å². The number of pyridine rings is 1. The zero-order chi connectivity index (χ0) is 19.1. The summed E-state index contributed by atoms with van der Waals surface area (Å²) in [5, 5.41) is 0. The molecule has 3 heterocycles. The van der Waals surface area contributed by atoms with Crippen LogP contribution in [0.1, 0.15) is 52.2 Å². The lowest BCUT2D eigenvalue weighted by atomic mass is 9.86. The number of aromatic nitrogens is 1. The van der Waals surface area contributed by atoms with Gasteiger partial charge in [-0.15, -0.1) is 0 Å². The van der Waals surface area contributed by atoms with Crippen molar-refractivity contribution in [3.8, 4) is 11.8 Å². The number of rotatable bonds is 2. The van der Waals surface area contributed by atoms with E-state index in [1.165, 1.54) is 0 Å². The highest BCUT2D eigenvalue weighted by Crippen LogP contribution is 2.42. The molecule has 0 aromatic carbocycles. The molecule has 0 saturated carbocycles. The van der Waals surface area contributed by atoms with E-state index >= 15 is 0 Å². The molecule has 0 N–H and O–H groups in total.